The zero-order valence-corrected chi connectivity index (χ0v) is 35.7. The van der Waals surface area contributed by atoms with Crippen molar-refractivity contribution in [3.05, 3.63) is 168 Å². The second-order valence-corrected chi connectivity index (χ2v) is 20.2. The predicted molar refractivity (Wildman–Crippen MR) is 228 cm³/mol. The van der Waals surface area contributed by atoms with Crippen molar-refractivity contribution in [2.75, 3.05) is 0 Å². The molecule has 0 N–H and O–H groups in total. The number of para-hydroxylation sites is 3. The van der Waals surface area contributed by atoms with Crippen LogP contribution in [0, 0.1) is 39.8 Å². The number of imidazole rings is 1. The fourth-order valence-corrected chi connectivity index (χ4v) is 9.24. The first-order chi connectivity index (χ1) is 26.1. The van der Waals surface area contributed by atoms with Gasteiger partial charge in [0.05, 0.1) is 30.5 Å². The third-order valence-electron chi connectivity index (χ3n) is 10.1. The molecule has 4 nitrogen and oxygen atoms in total. The van der Waals surface area contributed by atoms with Gasteiger partial charge in [-0.05, 0) is 84.2 Å². The summed E-state index contributed by atoms with van der Waals surface area (Å²) in [6, 6.07) is 50.7. The van der Waals surface area contributed by atoms with E-state index in [0.29, 0.717) is 0 Å². The molecule has 9 aromatic rings. The van der Waals surface area contributed by atoms with Gasteiger partial charge in [-0.15, -0.1) is 53.6 Å². The van der Waals surface area contributed by atoms with Crippen LogP contribution >= 0.6 is 0 Å². The largest absolute Gasteiger partial charge is 0.501 e. The van der Waals surface area contributed by atoms with Crippen LogP contribution in [0.5, 0.6) is 0 Å². The molecule has 0 aliphatic rings. The number of rotatable bonds is 5. The number of furan rings is 1. The van der Waals surface area contributed by atoms with Gasteiger partial charge in [-0.25, -0.2) is 0 Å². The van der Waals surface area contributed by atoms with Crippen LogP contribution in [0.4, 0.5) is 0 Å². The minimum Gasteiger partial charge on any atom is -0.501 e. The summed E-state index contributed by atoms with van der Waals surface area (Å²) < 4.78 is 8.65. The average Bonchev–Trinajstić information content (AvgIpc) is 3.74. The molecule has 0 bridgehead atoms. The van der Waals surface area contributed by atoms with E-state index in [1.165, 1.54) is 38.6 Å². The normalized spacial score (nSPS) is 11.4. The number of hydrogen-bond acceptors (Lipinski definition) is 3. The molecule has 0 amide bonds. The van der Waals surface area contributed by atoms with Crippen LogP contribution in [0.2, 0.25) is 19.6 Å². The van der Waals surface area contributed by atoms with Gasteiger partial charge in [0.2, 0.25) is 0 Å². The van der Waals surface area contributed by atoms with E-state index in [9.17, 15) is 0 Å². The number of aromatic nitrogens is 3. The minimum absolute atomic E-state index is 0. The molecule has 55 heavy (non-hydrogen) atoms. The predicted octanol–water partition coefficient (Wildman–Crippen LogP) is 12.4. The first-order valence-corrected chi connectivity index (χ1v) is 22.0. The first kappa shape index (κ1) is 37.9. The van der Waals surface area contributed by atoms with Gasteiger partial charge in [-0.3, -0.25) is 4.98 Å². The topological polar surface area (TPSA) is 43.9 Å². The van der Waals surface area contributed by atoms with Crippen LogP contribution in [-0.4, -0.2) is 22.6 Å². The second-order valence-electron chi connectivity index (χ2n) is 15.2. The van der Waals surface area contributed by atoms with E-state index in [2.05, 4.69) is 166 Å². The molecule has 275 valence electrons. The summed E-state index contributed by atoms with van der Waals surface area (Å²) in [6.07, 6.45) is 2.06. The van der Waals surface area contributed by atoms with Gasteiger partial charge >= 0.3 is 0 Å². The quantitative estimate of drug-likeness (QED) is 0.128. The zero-order valence-electron chi connectivity index (χ0n) is 32.3. The van der Waals surface area contributed by atoms with E-state index in [1.807, 2.05) is 36.4 Å². The number of aryl methyl sites for hydroxylation is 4. The molecule has 0 fully saturated rings. The van der Waals surface area contributed by atoms with E-state index in [1.54, 1.807) is 0 Å². The van der Waals surface area contributed by atoms with Crippen LogP contribution in [0.3, 0.4) is 0 Å². The fourth-order valence-electron chi connectivity index (χ4n) is 7.53. The summed E-state index contributed by atoms with van der Waals surface area (Å²) in [5.74, 6) is 0.833. The maximum absolute atomic E-state index is 6.38. The average molecular weight is 910 g/mol. The van der Waals surface area contributed by atoms with E-state index < -0.39 is 8.07 Å². The summed E-state index contributed by atoms with van der Waals surface area (Å²) >= 11 is 0. The number of benzene rings is 6. The van der Waals surface area contributed by atoms with Crippen LogP contribution in [0.25, 0.3) is 72.4 Å². The molecule has 0 unspecified atom stereocenters. The van der Waals surface area contributed by atoms with Crippen LogP contribution < -0.4 is 5.19 Å². The van der Waals surface area contributed by atoms with Crippen molar-refractivity contribution in [1.82, 2.24) is 14.5 Å². The molecule has 6 heteroatoms. The Morgan fingerprint density at radius 3 is 2.09 bits per heavy atom. The van der Waals surface area contributed by atoms with Crippen LogP contribution in [0.15, 0.2) is 138 Å². The SMILES string of the molecule is Cc1c[c-]c(-c2cc(C)c([Si](C)(C)C)cn2)cc1.Cc1cc(-c2ccccc2)cc(C)c1-n1c(-c2[c-]ccc3c2oc2ccccc23)nc2ccccc21.[Ir]. The number of fused-ring (bicyclic) bond motifs is 4. The molecule has 3 heterocycles. The summed E-state index contributed by atoms with van der Waals surface area (Å²) in [7, 11) is -1.28. The number of pyridine rings is 1. The summed E-state index contributed by atoms with van der Waals surface area (Å²) in [5, 5.41) is 3.62. The van der Waals surface area contributed by atoms with E-state index >= 15 is 0 Å². The molecule has 0 aliphatic carbocycles. The third kappa shape index (κ3) is 7.38. The Kier molecular flexibility index (Phi) is 10.6. The Morgan fingerprint density at radius 2 is 1.38 bits per heavy atom. The van der Waals surface area contributed by atoms with Gasteiger partial charge in [0.15, 0.2) is 0 Å². The van der Waals surface area contributed by atoms with Crippen molar-refractivity contribution in [3.63, 3.8) is 0 Å². The van der Waals surface area contributed by atoms with Gasteiger partial charge in [-0.1, -0.05) is 110 Å². The molecular weight excluding hydrogens is 867 g/mol. The molecule has 3 aromatic heterocycles. The Labute approximate surface area is 338 Å². The molecule has 9 rings (SSSR count). The van der Waals surface area contributed by atoms with Gasteiger partial charge in [-0.2, -0.15) is 0 Å². The Hall–Kier alpha value is -5.39. The van der Waals surface area contributed by atoms with Crippen molar-refractivity contribution in [2.45, 2.75) is 47.3 Å². The molecule has 0 atom stereocenters. The molecule has 0 saturated heterocycles. The second kappa shape index (κ2) is 15.4. The molecule has 1 radical (unpaired) electrons. The van der Waals surface area contributed by atoms with Gasteiger partial charge < -0.3 is 14.0 Å². The smallest absolute Gasteiger partial charge is 0.120 e. The van der Waals surface area contributed by atoms with E-state index in [0.717, 1.165) is 61.3 Å². The van der Waals surface area contributed by atoms with E-state index in [-0.39, 0.29) is 20.1 Å². The van der Waals surface area contributed by atoms with Gasteiger partial charge in [0.25, 0.3) is 0 Å². The monoisotopic (exact) mass is 910 g/mol. The third-order valence-corrected chi connectivity index (χ3v) is 12.2. The Balaban J connectivity index is 0.000000208. The fraction of sp³-hybridized carbons (Fsp3) is 0.143. The van der Waals surface area contributed by atoms with Crippen LogP contribution in [0.1, 0.15) is 22.3 Å². The molecule has 6 aromatic carbocycles. The van der Waals surface area contributed by atoms with Crippen molar-refractivity contribution >= 4 is 46.2 Å². The Bertz CT molecular complexity index is 2770. The van der Waals surface area contributed by atoms with Crippen molar-refractivity contribution in [1.29, 1.82) is 0 Å². The van der Waals surface area contributed by atoms with E-state index in [4.69, 9.17) is 9.40 Å². The molecule has 0 saturated carbocycles. The van der Waals surface area contributed by atoms with Crippen molar-refractivity contribution < 1.29 is 24.5 Å². The summed E-state index contributed by atoms with van der Waals surface area (Å²) in [4.78, 5) is 9.72. The number of nitrogens with zero attached hydrogens (tertiary/aromatic N) is 3. The first-order valence-electron chi connectivity index (χ1n) is 18.5. The van der Waals surface area contributed by atoms with Crippen LogP contribution in [-0.2, 0) is 20.1 Å². The van der Waals surface area contributed by atoms with Gasteiger partial charge in [0, 0.05) is 37.4 Å². The standard InChI is InChI=1S/C33H23N2O.C16H20NSi.Ir/c1-21-19-24(23-11-4-3-5-12-23)20-22(2)31(21)35-29-17-8-7-16-28(29)34-33(35)27-15-10-14-26-25-13-6-9-18-30(25)36-32(26)27;1-12-6-8-14(9-7-12)15-10-13(2)16(11-17-15)18(3,4)5;/h3-14,16-20H,1-2H3;6-8,10-11H,1-5H3;/q2*-1;. The van der Waals surface area contributed by atoms with Gasteiger partial charge in [0.1, 0.15) is 5.58 Å². The molecule has 0 spiro atoms. The molecule has 0 aliphatic heterocycles. The summed E-state index contributed by atoms with van der Waals surface area (Å²) in [5.41, 5.74) is 15.2. The molecular formula is C49H43IrN3OSi-2. The van der Waals surface area contributed by atoms with Crippen molar-refractivity contribution in [3.8, 4) is 39.5 Å². The maximum Gasteiger partial charge on any atom is 0.120 e. The Morgan fingerprint density at radius 1 is 0.673 bits per heavy atom. The zero-order chi connectivity index (χ0) is 37.6. The minimum atomic E-state index is -1.28. The maximum atomic E-state index is 6.38. The number of hydrogen-bond donors (Lipinski definition) is 0. The van der Waals surface area contributed by atoms with Crippen molar-refractivity contribution in [2.24, 2.45) is 0 Å². The summed E-state index contributed by atoms with van der Waals surface area (Å²) in [6.45, 7) is 15.7.